The highest BCUT2D eigenvalue weighted by Gasteiger charge is 2.52. The topological polar surface area (TPSA) is 86.4 Å². The van der Waals surface area contributed by atoms with E-state index < -0.39 is 0 Å². The molecule has 2 fully saturated rings. The van der Waals surface area contributed by atoms with Crippen LogP contribution in [0.3, 0.4) is 0 Å². The molecule has 0 spiro atoms. The van der Waals surface area contributed by atoms with Gasteiger partial charge in [0.2, 0.25) is 5.91 Å². The number of amides is 2. The van der Waals surface area contributed by atoms with E-state index in [-0.39, 0.29) is 35.3 Å². The number of nitrogens with zero attached hydrogens (tertiary/aromatic N) is 2. The van der Waals surface area contributed by atoms with Crippen LogP contribution in [-0.2, 0) is 11.3 Å². The Hall–Kier alpha value is -3.26. The number of anilines is 1. The number of pyridine rings is 1. The summed E-state index contributed by atoms with van der Waals surface area (Å²) in [4.78, 5) is 32.4. The van der Waals surface area contributed by atoms with Gasteiger partial charge in [0.25, 0.3) is 5.91 Å². The number of benzene rings is 1. The number of likely N-dealkylation sites (N-methyl/N-ethyl adjacent to an activating group) is 1. The van der Waals surface area contributed by atoms with Crippen molar-refractivity contribution in [2.75, 3.05) is 32.1 Å². The molecule has 1 saturated carbocycles. The standard InChI is InChI=1S/C28H36FN5O2/c1-17-10-23(34-9-8-28(3,27(34)36)21-6-7-21)14-25(33-17)26(35)32-15-19-11-20(13-22(29)12-19)24(16-30-4)18(2)31-5/h10-14,21,30-31H,6-9,15-16H2,1-5H3,(H,32,35)/b24-18+/t28-/m0/s1. The van der Waals surface area contributed by atoms with Gasteiger partial charge in [0.05, 0.1) is 5.41 Å². The van der Waals surface area contributed by atoms with Gasteiger partial charge in [-0.05, 0) is 93.1 Å². The van der Waals surface area contributed by atoms with E-state index in [1.54, 1.807) is 11.0 Å². The number of halogens is 1. The average molecular weight is 494 g/mol. The van der Waals surface area contributed by atoms with E-state index in [1.165, 1.54) is 12.1 Å². The summed E-state index contributed by atoms with van der Waals surface area (Å²) >= 11 is 0. The molecule has 3 N–H and O–H groups in total. The van der Waals surface area contributed by atoms with Crippen LogP contribution in [0.2, 0.25) is 0 Å². The Bertz CT molecular complexity index is 1210. The first-order valence-electron chi connectivity index (χ1n) is 12.6. The smallest absolute Gasteiger partial charge is 0.270 e. The van der Waals surface area contributed by atoms with Crippen molar-refractivity contribution >= 4 is 23.1 Å². The fourth-order valence-corrected chi connectivity index (χ4v) is 5.11. The van der Waals surface area contributed by atoms with Gasteiger partial charge >= 0.3 is 0 Å². The monoisotopic (exact) mass is 493 g/mol. The first-order chi connectivity index (χ1) is 17.2. The summed E-state index contributed by atoms with van der Waals surface area (Å²) in [6.45, 7) is 7.21. The zero-order valence-corrected chi connectivity index (χ0v) is 21.8. The third-order valence-corrected chi connectivity index (χ3v) is 7.49. The van der Waals surface area contributed by atoms with Gasteiger partial charge < -0.3 is 20.9 Å². The van der Waals surface area contributed by atoms with Crippen LogP contribution >= 0.6 is 0 Å². The molecule has 192 valence electrons. The molecule has 2 aliphatic rings. The molecule has 1 aromatic heterocycles. The zero-order chi connectivity index (χ0) is 26.0. The van der Waals surface area contributed by atoms with Crippen molar-refractivity contribution in [1.29, 1.82) is 0 Å². The zero-order valence-electron chi connectivity index (χ0n) is 21.8. The summed E-state index contributed by atoms with van der Waals surface area (Å²) < 4.78 is 14.5. The van der Waals surface area contributed by atoms with Crippen molar-refractivity contribution < 1.29 is 14.0 Å². The predicted octanol–water partition coefficient (Wildman–Crippen LogP) is 3.78. The molecule has 1 aliphatic carbocycles. The summed E-state index contributed by atoms with van der Waals surface area (Å²) in [6, 6.07) is 8.33. The van der Waals surface area contributed by atoms with Crippen LogP contribution in [0.15, 0.2) is 36.0 Å². The first kappa shape index (κ1) is 25.8. The SMILES string of the molecule is CNC/C(=C(/C)NC)c1cc(F)cc(CNC(=O)c2cc(N3CC[C@@](C)(C4CC4)C3=O)cc(C)n2)c1. The largest absolute Gasteiger partial charge is 0.391 e. The lowest BCUT2D eigenvalue weighted by Crippen LogP contribution is -2.34. The van der Waals surface area contributed by atoms with Crippen LogP contribution in [0.4, 0.5) is 10.1 Å². The van der Waals surface area contributed by atoms with Gasteiger partial charge in [-0.1, -0.05) is 6.92 Å². The number of nitrogens with one attached hydrogen (secondary N) is 3. The maximum absolute atomic E-state index is 14.5. The van der Waals surface area contributed by atoms with Gasteiger partial charge in [-0.3, -0.25) is 9.59 Å². The van der Waals surface area contributed by atoms with Gasteiger partial charge in [-0.2, -0.15) is 0 Å². The Morgan fingerprint density at radius 2 is 1.94 bits per heavy atom. The van der Waals surface area contributed by atoms with Crippen LogP contribution < -0.4 is 20.9 Å². The number of hydrogen-bond donors (Lipinski definition) is 3. The maximum Gasteiger partial charge on any atom is 0.270 e. The molecule has 2 amide bonds. The summed E-state index contributed by atoms with van der Waals surface area (Å²) in [5, 5.41) is 9.10. The summed E-state index contributed by atoms with van der Waals surface area (Å²) in [5.41, 5.74) is 4.61. The highest BCUT2D eigenvalue weighted by molar-refractivity contribution is 6.01. The molecule has 2 aromatic rings. The fraction of sp³-hybridized carbons (Fsp3) is 0.464. The second kappa shape index (κ2) is 10.4. The molecule has 0 unspecified atom stereocenters. The van der Waals surface area contributed by atoms with E-state index in [0.29, 0.717) is 36.0 Å². The summed E-state index contributed by atoms with van der Waals surface area (Å²) in [6.07, 6.45) is 3.06. The van der Waals surface area contributed by atoms with E-state index in [9.17, 15) is 14.0 Å². The minimum Gasteiger partial charge on any atom is -0.391 e. The number of carbonyl (C=O) groups is 2. The van der Waals surface area contributed by atoms with Gasteiger partial charge in [0.1, 0.15) is 11.5 Å². The van der Waals surface area contributed by atoms with Crippen molar-refractivity contribution in [2.45, 2.75) is 46.6 Å². The molecule has 1 aliphatic heterocycles. The predicted molar refractivity (Wildman–Crippen MR) is 140 cm³/mol. The molecule has 0 radical (unpaired) electrons. The van der Waals surface area contributed by atoms with Crippen LogP contribution in [0.5, 0.6) is 0 Å². The van der Waals surface area contributed by atoms with Crippen molar-refractivity contribution in [3.05, 3.63) is 64.4 Å². The van der Waals surface area contributed by atoms with Gasteiger partial charge in [0, 0.05) is 43.8 Å². The Morgan fingerprint density at radius 3 is 2.61 bits per heavy atom. The summed E-state index contributed by atoms with van der Waals surface area (Å²) in [5.74, 6) is -0.120. The lowest BCUT2D eigenvalue weighted by atomic mass is 9.83. The minimum absolute atomic E-state index is 0.136. The highest BCUT2D eigenvalue weighted by atomic mass is 19.1. The average Bonchev–Trinajstić information content (AvgIpc) is 3.66. The Morgan fingerprint density at radius 1 is 1.19 bits per heavy atom. The first-order valence-corrected chi connectivity index (χ1v) is 12.6. The Balaban J connectivity index is 1.51. The van der Waals surface area contributed by atoms with Crippen LogP contribution in [-0.4, -0.2) is 44.0 Å². The van der Waals surface area contributed by atoms with Crippen LogP contribution in [0.1, 0.15) is 60.4 Å². The molecule has 4 rings (SSSR count). The molecule has 8 heteroatoms. The highest BCUT2D eigenvalue weighted by Crippen LogP contribution is 2.51. The second-order valence-electron chi connectivity index (χ2n) is 10.2. The number of aromatic nitrogens is 1. The quantitative estimate of drug-likeness (QED) is 0.495. The lowest BCUT2D eigenvalue weighted by Gasteiger charge is -2.23. The van der Waals surface area contributed by atoms with Gasteiger partial charge in [-0.25, -0.2) is 9.37 Å². The van der Waals surface area contributed by atoms with Crippen LogP contribution in [0, 0.1) is 24.1 Å². The Labute approximate surface area is 212 Å². The van der Waals surface area contributed by atoms with Crippen molar-refractivity contribution in [1.82, 2.24) is 20.9 Å². The normalized spacial score (nSPS) is 20.4. The molecule has 7 nitrogen and oxygen atoms in total. The molecule has 2 heterocycles. The van der Waals surface area contributed by atoms with Crippen LogP contribution in [0.25, 0.3) is 5.57 Å². The molecule has 1 saturated heterocycles. The van der Waals surface area contributed by atoms with E-state index in [4.69, 9.17) is 0 Å². The van der Waals surface area contributed by atoms with E-state index in [1.807, 2.05) is 40.1 Å². The van der Waals surface area contributed by atoms with Gasteiger partial charge in [-0.15, -0.1) is 0 Å². The molecular formula is C28H36FN5O2. The van der Waals surface area contributed by atoms with E-state index >= 15 is 0 Å². The third kappa shape index (κ3) is 5.28. The third-order valence-electron chi connectivity index (χ3n) is 7.49. The number of hydrogen-bond acceptors (Lipinski definition) is 5. The van der Waals surface area contributed by atoms with Crippen molar-refractivity contribution in [3.63, 3.8) is 0 Å². The number of allylic oxidation sites excluding steroid dienone is 1. The number of rotatable bonds is 9. The van der Waals surface area contributed by atoms with Gasteiger partial charge in [0.15, 0.2) is 0 Å². The van der Waals surface area contributed by atoms with Crippen molar-refractivity contribution in [2.24, 2.45) is 11.3 Å². The Kier molecular flexibility index (Phi) is 7.45. The fourth-order valence-electron chi connectivity index (χ4n) is 5.11. The summed E-state index contributed by atoms with van der Waals surface area (Å²) in [7, 11) is 3.67. The number of carbonyl (C=O) groups excluding carboxylic acids is 2. The van der Waals surface area contributed by atoms with Crippen molar-refractivity contribution in [3.8, 4) is 0 Å². The molecule has 0 bridgehead atoms. The maximum atomic E-state index is 14.5. The minimum atomic E-state index is -0.364. The second-order valence-corrected chi connectivity index (χ2v) is 10.2. The molecule has 1 aromatic carbocycles. The van der Waals surface area contributed by atoms with E-state index in [2.05, 4.69) is 27.9 Å². The van der Waals surface area contributed by atoms with E-state index in [0.717, 1.165) is 36.1 Å². The molecule has 1 atom stereocenters. The molecular weight excluding hydrogens is 457 g/mol. The molecule has 36 heavy (non-hydrogen) atoms. The number of aryl methyl sites for hydroxylation is 1. The lowest BCUT2D eigenvalue weighted by molar-refractivity contribution is -0.125.